The molecular formula is C14H22N2O2S2. The van der Waals surface area contributed by atoms with E-state index in [0.29, 0.717) is 19.6 Å². The van der Waals surface area contributed by atoms with Crippen LogP contribution >= 0.6 is 11.8 Å². The van der Waals surface area contributed by atoms with Crippen LogP contribution in [-0.4, -0.2) is 38.1 Å². The fraction of sp³-hybridized carbons (Fsp3) is 0.571. The van der Waals surface area contributed by atoms with Crippen LogP contribution in [-0.2, 0) is 10.2 Å². The van der Waals surface area contributed by atoms with Crippen molar-refractivity contribution in [1.29, 1.82) is 0 Å². The van der Waals surface area contributed by atoms with Crippen LogP contribution in [0.25, 0.3) is 0 Å². The summed E-state index contributed by atoms with van der Waals surface area (Å²) in [6.07, 6.45) is 3.08. The van der Waals surface area contributed by atoms with E-state index in [2.05, 4.69) is 35.9 Å². The minimum absolute atomic E-state index is 0.470. The van der Waals surface area contributed by atoms with Gasteiger partial charge in [0.15, 0.2) is 0 Å². The number of aryl methyl sites for hydroxylation is 1. The van der Waals surface area contributed by atoms with Crippen LogP contribution in [0.4, 0.5) is 0 Å². The second-order valence-electron chi connectivity index (χ2n) is 5.02. The summed E-state index contributed by atoms with van der Waals surface area (Å²) in [5.41, 5.74) is 1.24. The van der Waals surface area contributed by atoms with Crippen molar-refractivity contribution >= 4 is 22.0 Å². The standard InChI is InChI=1S/C14H22N2O2S2/c1-13-5-7-14(8-6-13)19-12-9-15-20(17,18)16-10-3-2-4-11-16/h5-8,15H,2-4,9-12H2,1H3. The molecule has 0 saturated carbocycles. The molecule has 0 aliphatic carbocycles. The third-order valence-electron chi connectivity index (χ3n) is 3.33. The first kappa shape index (κ1) is 15.8. The summed E-state index contributed by atoms with van der Waals surface area (Å²) >= 11 is 1.67. The van der Waals surface area contributed by atoms with Gasteiger partial charge in [-0.1, -0.05) is 24.1 Å². The van der Waals surface area contributed by atoms with E-state index in [1.165, 1.54) is 10.5 Å². The first-order chi connectivity index (χ1) is 9.58. The van der Waals surface area contributed by atoms with Crippen molar-refractivity contribution in [2.24, 2.45) is 0 Å². The number of nitrogens with one attached hydrogen (secondary N) is 1. The van der Waals surface area contributed by atoms with E-state index in [9.17, 15) is 8.42 Å². The van der Waals surface area contributed by atoms with Crippen LogP contribution in [0.3, 0.4) is 0 Å². The molecule has 0 aromatic heterocycles. The molecule has 1 heterocycles. The van der Waals surface area contributed by atoms with E-state index < -0.39 is 10.2 Å². The molecule has 1 aliphatic rings. The number of nitrogens with zero attached hydrogens (tertiary/aromatic N) is 1. The Morgan fingerprint density at radius 3 is 2.45 bits per heavy atom. The average Bonchev–Trinajstić information content (AvgIpc) is 2.46. The molecule has 0 radical (unpaired) electrons. The molecule has 6 heteroatoms. The van der Waals surface area contributed by atoms with Crippen molar-refractivity contribution in [3.05, 3.63) is 29.8 Å². The summed E-state index contributed by atoms with van der Waals surface area (Å²) in [5.74, 6) is 0.746. The SMILES string of the molecule is Cc1ccc(SCCNS(=O)(=O)N2CCCCC2)cc1. The molecule has 20 heavy (non-hydrogen) atoms. The van der Waals surface area contributed by atoms with Gasteiger partial charge in [0, 0.05) is 30.3 Å². The molecule has 1 saturated heterocycles. The second-order valence-corrected chi connectivity index (χ2v) is 7.94. The molecule has 1 fully saturated rings. The van der Waals surface area contributed by atoms with E-state index in [0.717, 1.165) is 25.0 Å². The van der Waals surface area contributed by atoms with Crippen LogP contribution in [0, 0.1) is 6.92 Å². The lowest BCUT2D eigenvalue weighted by Crippen LogP contribution is -2.44. The van der Waals surface area contributed by atoms with Gasteiger partial charge < -0.3 is 0 Å². The quantitative estimate of drug-likeness (QED) is 0.648. The highest BCUT2D eigenvalue weighted by Crippen LogP contribution is 2.18. The highest BCUT2D eigenvalue weighted by molar-refractivity contribution is 7.99. The molecule has 1 N–H and O–H groups in total. The molecule has 4 nitrogen and oxygen atoms in total. The molecule has 0 amide bonds. The molecule has 112 valence electrons. The number of rotatable bonds is 6. The highest BCUT2D eigenvalue weighted by Gasteiger charge is 2.22. The smallest absolute Gasteiger partial charge is 0.201 e. The van der Waals surface area contributed by atoms with Gasteiger partial charge in [0.05, 0.1) is 0 Å². The van der Waals surface area contributed by atoms with Gasteiger partial charge in [-0.3, -0.25) is 0 Å². The fourth-order valence-electron chi connectivity index (χ4n) is 2.17. The van der Waals surface area contributed by atoms with Gasteiger partial charge in [-0.05, 0) is 31.9 Å². The number of thioether (sulfide) groups is 1. The third kappa shape index (κ3) is 4.77. The Balaban J connectivity index is 1.73. The molecule has 0 spiro atoms. The Labute approximate surface area is 126 Å². The summed E-state index contributed by atoms with van der Waals surface area (Å²) < 4.78 is 28.3. The number of piperidine rings is 1. The fourth-order valence-corrected chi connectivity index (χ4v) is 4.35. The predicted octanol–water partition coefficient (Wildman–Crippen LogP) is 2.41. The lowest BCUT2D eigenvalue weighted by atomic mass is 10.2. The summed E-state index contributed by atoms with van der Waals surface area (Å²) in [5, 5.41) is 0. The van der Waals surface area contributed by atoms with Crippen LogP contribution in [0.1, 0.15) is 24.8 Å². The third-order valence-corrected chi connectivity index (χ3v) is 5.96. The topological polar surface area (TPSA) is 49.4 Å². The summed E-state index contributed by atoms with van der Waals surface area (Å²) in [4.78, 5) is 1.17. The molecule has 1 aliphatic heterocycles. The van der Waals surface area contributed by atoms with Crippen LogP contribution in [0.5, 0.6) is 0 Å². The minimum atomic E-state index is -3.27. The lowest BCUT2D eigenvalue weighted by Gasteiger charge is -2.25. The summed E-state index contributed by atoms with van der Waals surface area (Å²) in [6, 6.07) is 8.28. The molecule has 0 bridgehead atoms. The Hall–Kier alpha value is -0.560. The van der Waals surface area contributed by atoms with Gasteiger partial charge in [-0.25, -0.2) is 4.72 Å². The molecule has 0 atom stereocenters. The van der Waals surface area contributed by atoms with Crippen molar-refractivity contribution in [1.82, 2.24) is 9.03 Å². The molecule has 2 rings (SSSR count). The first-order valence-electron chi connectivity index (χ1n) is 7.02. The zero-order valence-corrected chi connectivity index (χ0v) is 13.5. The minimum Gasteiger partial charge on any atom is -0.201 e. The molecule has 1 aromatic carbocycles. The van der Waals surface area contributed by atoms with E-state index in [4.69, 9.17) is 0 Å². The Bertz CT molecular complexity index is 508. The maximum absolute atomic E-state index is 12.0. The number of hydrogen-bond acceptors (Lipinski definition) is 3. The van der Waals surface area contributed by atoms with Gasteiger partial charge in [0.25, 0.3) is 10.2 Å². The van der Waals surface area contributed by atoms with Crippen molar-refractivity contribution in [3.63, 3.8) is 0 Å². The van der Waals surface area contributed by atoms with Gasteiger partial charge in [-0.2, -0.15) is 12.7 Å². The van der Waals surface area contributed by atoms with Crippen molar-refractivity contribution in [2.75, 3.05) is 25.4 Å². The maximum atomic E-state index is 12.0. The number of hydrogen-bond donors (Lipinski definition) is 1. The van der Waals surface area contributed by atoms with E-state index in [1.807, 2.05) is 0 Å². The Kier molecular flexibility index (Phi) is 5.89. The predicted molar refractivity (Wildman–Crippen MR) is 84.2 cm³/mol. The zero-order chi connectivity index (χ0) is 14.4. The van der Waals surface area contributed by atoms with E-state index >= 15 is 0 Å². The van der Waals surface area contributed by atoms with E-state index in [1.54, 1.807) is 16.1 Å². The summed E-state index contributed by atoms with van der Waals surface area (Å²) in [7, 11) is -3.27. The van der Waals surface area contributed by atoms with Crippen molar-refractivity contribution in [3.8, 4) is 0 Å². The second kappa shape index (κ2) is 7.45. The van der Waals surface area contributed by atoms with E-state index in [-0.39, 0.29) is 0 Å². The first-order valence-corrected chi connectivity index (χ1v) is 9.45. The highest BCUT2D eigenvalue weighted by atomic mass is 32.2. The molecule has 1 aromatic rings. The zero-order valence-electron chi connectivity index (χ0n) is 11.8. The number of benzene rings is 1. The maximum Gasteiger partial charge on any atom is 0.279 e. The van der Waals surface area contributed by atoms with Gasteiger partial charge >= 0.3 is 0 Å². The van der Waals surface area contributed by atoms with Crippen LogP contribution in [0.15, 0.2) is 29.2 Å². The van der Waals surface area contributed by atoms with Crippen molar-refractivity contribution in [2.45, 2.75) is 31.1 Å². The van der Waals surface area contributed by atoms with Crippen molar-refractivity contribution < 1.29 is 8.42 Å². The Morgan fingerprint density at radius 1 is 1.15 bits per heavy atom. The van der Waals surface area contributed by atoms with Gasteiger partial charge in [0.2, 0.25) is 0 Å². The van der Waals surface area contributed by atoms with Crippen LogP contribution < -0.4 is 4.72 Å². The largest absolute Gasteiger partial charge is 0.279 e. The van der Waals surface area contributed by atoms with Gasteiger partial charge in [-0.15, -0.1) is 11.8 Å². The Morgan fingerprint density at radius 2 is 1.80 bits per heavy atom. The normalized spacial score (nSPS) is 17.2. The lowest BCUT2D eigenvalue weighted by molar-refractivity contribution is 0.342. The monoisotopic (exact) mass is 314 g/mol. The molecule has 0 unspecified atom stereocenters. The van der Waals surface area contributed by atoms with Crippen LogP contribution in [0.2, 0.25) is 0 Å². The van der Waals surface area contributed by atoms with Gasteiger partial charge in [0.1, 0.15) is 0 Å². The summed E-state index contributed by atoms with van der Waals surface area (Å²) in [6.45, 7) is 3.83. The average molecular weight is 314 g/mol. The molecular weight excluding hydrogens is 292 g/mol.